The van der Waals surface area contributed by atoms with Gasteiger partial charge in [-0.3, -0.25) is 9.69 Å². The predicted octanol–water partition coefficient (Wildman–Crippen LogP) is 2.63. The Morgan fingerprint density at radius 1 is 1.08 bits per heavy atom. The van der Waals surface area contributed by atoms with Crippen LogP contribution in [0.15, 0.2) is 40.8 Å². The number of furan rings is 1. The van der Waals surface area contributed by atoms with Crippen molar-refractivity contribution in [3.63, 3.8) is 0 Å². The van der Waals surface area contributed by atoms with Crippen LogP contribution in [0.1, 0.15) is 29.2 Å². The lowest BCUT2D eigenvalue weighted by Gasteiger charge is -2.35. The molecule has 1 saturated heterocycles. The maximum atomic E-state index is 13.0. The maximum absolute atomic E-state index is 13.0. The van der Waals surface area contributed by atoms with Crippen LogP contribution in [-0.2, 0) is 6.54 Å². The fourth-order valence-electron chi connectivity index (χ4n) is 3.11. The molecule has 0 radical (unpaired) electrons. The van der Waals surface area contributed by atoms with E-state index in [1.165, 1.54) is 12.1 Å². The van der Waals surface area contributed by atoms with E-state index < -0.39 is 0 Å². The summed E-state index contributed by atoms with van der Waals surface area (Å²) in [7, 11) is 0. The Hall–Kier alpha value is -2.34. The van der Waals surface area contributed by atoms with Gasteiger partial charge in [0, 0.05) is 37.9 Å². The highest BCUT2D eigenvalue weighted by atomic mass is 19.1. The molecule has 4 rings (SSSR count). The Labute approximate surface area is 146 Å². The third-order valence-electron chi connectivity index (χ3n) is 4.74. The largest absolute Gasteiger partial charge is 0.455 e. The summed E-state index contributed by atoms with van der Waals surface area (Å²) in [6.45, 7) is 4.29. The zero-order chi connectivity index (χ0) is 17.2. The number of carbonyl (C=O) groups excluding carboxylic acids is 1. The summed E-state index contributed by atoms with van der Waals surface area (Å²) in [6.07, 6.45) is 2.13. The zero-order valence-corrected chi connectivity index (χ0v) is 14.1. The van der Waals surface area contributed by atoms with E-state index in [-0.39, 0.29) is 11.7 Å². The van der Waals surface area contributed by atoms with Gasteiger partial charge in [0.2, 0.25) is 0 Å². The maximum Gasteiger partial charge on any atom is 0.287 e. The molecule has 1 amide bonds. The van der Waals surface area contributed by atoms with Crippen LogP contribution in [0.2, 0.25) is 0 Å². The molecule has 25 heavy (non-hydrogen) atoms. The molecule has 1 aromatic carbocycles. The molecule has 5 nitrogen and oxygen atoms in total. The van der Waals surface area contributed by atoms with Crippen molar-refractivity contribution < 1.29 is 13.6 Å². The first-order valence-corrected chi connectivity index (χ1v) is 8.80. The van der Waals surface area contributed by atoms with Crippen molar-refractivity contribution in [2.45, 2.75) is 25.4 Å². The molecule has 6 heteroatoms. The molecule has 2 heterocycles. The first kappa shape index (κ1) is 16.1. The second-order valence-electron chi connectivity index (χ2n) is 6.75. The van der Waals surface area contributed by atoms with Crippen molar-refractivity contribution in [3.05, 3.63) is 53.7 Å². The molecule has 2 aromatic rings. The molecular formula is C19H22FN3O2. The van der Waals surface area contributed by atoms with Gasteiger partial charge in [-0.15, -0.1) is 0 Å². The molecule has 2 aliphatic rings. The molecule has 1 aliphatic heterocycles. The number of nitrogens with zero attached hydrogens (tertiary/aromatic N) is 2. The van der Waals surface area contributed by atoms with E-state index in [4.69, 9.17) is 4.42 Å². The SMILES string of the molecule is O=C(NC1CC1)c1ccc(CN2CCN(c3ccc(F)cc3)CC2)o1. The van der Waals surface area contributed by atoms with Gasteiger partial charge in [0.15, 0.2) is 5.76 Å². The van der Waals surface area contributed by atoms with Crippen LogP contribution in [0, 0.1) is 5.82 Å². The van der Waals surface area contributed by atoms with Gasteiger partial charge in [0.25, 0.3) is 5.91 Å². The minimum Gasteiger partial charge on any atom is -0.455 e. The van der Waals surface area contributed by atoms with Crippen molar-refractivity contribution in [1.82, 2.24) is 10.2 Å². The van der Waals surface area contributed by atoms with Crippen LogP contribution in [0.4, 0.5) is 10.1 Å². The molecule has 1 saturated carbocycles. The normalized spacial score (nSPS) is 18.4. The van der Waals surface area contributed by atoms with Crippen molar-refractivity contribution in [3.8, 4) is 0 Å². The Balaban J connectivity index is 1.29. The third-order valence-corrected chi connectivity index (χ3v) is 4.74. The van der Waals surface area contributed by atoms with Gasteiger partial charge in [-0.1, -0.05) is 0 Å². The molecule has 0 bridgehead atoms. The number of rotatable bonds is 5. The van der Waals surface area contributed by atoms with Crippen LogP contribution < -0.4 is 10.2 Å². The average Bonchev–Trinajstić information content (AvgIpc) is 3.31. The van der Waals surface area contributed by atoms with Crippen LogP contribution >= 0.6 is 0 Å². The van der Waals surface area contributed by atoms with E-state index in [0.29, 0.717) is 18.3 Å². The quantitative estimate of drug-likeness (QED) is 0.907. The van der Waals surface area contributed by atoms with Crippen LogP contribution in [0.5, 0.6) is 0 Å². The van der Waals surface area contributed by atoms with E-state index in [0.717, 1.165) is 50.5 Å². The lowest BCUT2D eigenvalue weighted by atomic mass is 10.2. The van der Waals surface area contributed by atoms with Crippen LogP contribution in [0.3, 0.4) is 0 Å². The predicted molar refractivity (Wildman–Crippen MR) is 93.1 cm³/mol. The number of halogens is 1. The fourth-order valence-corrected chi connectivity index (χ4v) is 3.11. The fraction of sp³-hybridized carbons (Fsp3) is 0.421. The molecular weight excluding hydrogens is 321 g/mol. The van der Waals surface area contributed by atoms with E-state index in [1.54, 1.807) is 6.07 Å². The van der Waals surface area contributed by atoms with E-state index in [9.17, 15) is 9.18 Å². The van der Waals surface area contributed by atoms with Gasteiger partial charge in [-0.25, -0.2) is 4.39 Å². The first-order valence-electron chi connectivity index (χ1n) is 8.80. The van der Waals surface area contributed by atoms with Crippen molar-refractivity contribution in [2.75, 3.05) is 31.1 Å². The highest BCUT2D eigenvalue weighted by Gasteiger charge is 2.25. The second kappa shape index (κ2) is 6.88. The molecule has 2 fully saturated rings. The van der Waals surface area contributed by atoms with Crippen LogP contribution in [0.25, 0.3) is 0 Å². The topological polar surface area (TPSA) is 48.7 Å². The molecule has 0 unspecified atom stereocenters. The summed E-state index contributed by atoms with van der Waals surface area (Å²) in [5, 5.41) is 2.94. The van der Waals surface area contributed by atoms with E-state index >= 15 is 0 Å². The number of nitrogens with one attached hydrogen (secondary N) is 1. The minimum absolute atomic E-state index is 0.116. The molecule has 0 atom stereocenters. The van der Waals surface area contributed by atoms with Crippen molar-refractivity contribution in [2.24, 2.45) is 0 Å². The van der Waals surface area contributed by atoms with Gasteiger partial charge in [0.1, 0.15) is 11.6 Å². The van der Waals surface area contributed by atoms with Gasteiger partial charge in [-0.2, -0.15) is 0 Å². The zero-order valence-electron chi connectivity index (χ0n) is 14.1. The average molecular weight is 343 g/mol. The molecule has 1 aromatic heterocycles. The van der Waals surface area contributed by atoms with Gasteiger partial charge < -0.3 is 14.6 Å². The Morgan fingerprint density at radius 2 is 1.80 bits per heavy atom. The molecule has 0 spiro atoms. The van der Waals surface area contributed by atoms with E-state index in [1.807, 2.05) is 18.2 Å². The lowest BCUT2D eigenvalue weighted by Crippen LogP contribution is -2.45. The molecule has 1 aliphatic carbocycles. The highest BCUT2D eigenvalue weighted by molar-refractivity contribution is 5.91. The van der Waals surface area contributed by atoms with Gasteiger partial charge in [0.05, 0.1) is 6.54 Å². The number of benzene rings is 1. The van der Waals surface area contributed by atoms with Crippen molar-refractivity contribution >= 4 is 11.6 Å². The van der Waals surface area contributed by atoms with Crippen LogP contribution in [-0.4, -0.2) is 43.0 Å². The Bertz CT molecular complexity index is 731. The van der Waals surface area contributed by atoms with E-state index in [2.05, 4.69) is 15.1 Å². The summed E-state index contributed by atoms with van der Waals surface area (Å²) in [5.74, 6) is 0.889. The number of hydrogen-bond acceptors (Lipinski definition) is 4. The summed E-state index contributed by atoms with van der Waals surface area (Å²) in [4.78, 5) is 16.5. The Morgan fingerprint density at radius 3 is 2.48 bits per heavy atom. The number of hydrogen-bond donors (Lipinski definition) is 1. The minimum atomic E-state index is -0.207. The highest BCUT2D eigenvalue weighted by Crippen LogP contribution is 2.21. The summed E-state index contributed by atoms with van der Waals surface area (Å²) < 4.78 is 18.7. The Kier molecular flexibility index (Phi) is 4.44. The van der Waals surface area contributed by atoms with Gasteiger partial charge >= 0.3 is 0 Å². The number of anilines is 1. The monoisotopic (exact) mass is 343 g/mol. The molecule has 132 valence electrons. The smallest absolute Gasteiger partial charge is 0.287 e. The van der Waals surface area contributed by atoms with Gasteiger partial charge in [-0.05, 0) is 49.2 Å². The standard InChI is InChI=1S/C19H22FN3O2/c20-14-1-5-16(6-2-14)23-11-9-22(10-12-23)13-17-7-8-18(25-17)19(24)21-15-3-4-15/h1-2,5-8,15H,3-4,9-13H2,(H,21,24). The lowest BCUT2D eigenvalue weighted by molar-refractivity contribution is 0.0919. The second-order valence-corrected chi connectivity index (χ2v) is 6.75. The number of amides is 1. The summed E-state index contributed by atoms with van der Waals surface area (Å²) in [5.41, 5.74) is 1.05. The van der Waals surface area contributed by atoms with Crippen molar-refractivity contribution in [1.29, 1.82) is 0 Å². The summed E-state index contributed by atoms with van der Waals surface area (Å²) >= 11 is 0. The third kappa shape index (κ3) is 4.02. The number of carbonyl (C=O) groups is 1. The number of piperazine rings is 1. The summed E-state index contributed by atoms with van der Waals surface area (Å²) in [6, 6.07) is 10.6. The molecule has 1 N–H and O–H groups in total. The first-order chi connectivity index (χ1) is 12.2.